The van der Waals surface area contributed by atoms with E-state index in [9.17, 15) is 4.79 Å². The minimum absolute atomic E-state index is 0.124. The molecule has 0 saturated heterocycles. The number of carbonyl (C=O) groups excluding carboxylic acids is 1. The van der Waals surface area contributed by atoms with E-state index in [1.165, 1.54) is 18.4 Å². The Hall–Kier alpha value is -2.01. The highest BCUT2D eigenvalue weighted by Gasteiger charge is 2.24. The number of hydrogen-bond donors (Lipinski definition) is 0. The van der Waals surface area contributed by atoms with Crippen molar-refractivity contribution in [2.75, 3.05) is 0 Å². The molecule has 0 saturated carbocycles. The molecule has 0 unspecified atom stereocenters. The molecule has 2 aliphatic rings. The standard InChI is InChI=1S/C17H16O2/c18-16-12-14(11-10-13-6-2-1-3-7-13)19-17-9-5-4-8-15(16)17/h4-6,8-9,14H,1-3,7,12H2/t14-/m0/s1. The van der Waals surface area contributed by atoms with Crippen LogP contribution in [0.25, 0.3) is 0 Å². The van der Waals surface area contributed by atoms with Crippen molar-refractivity contribution in [2.45, 2.75) is 38.2 Å². The molecule has 0 fully saturated rings. The molecule has 1 aromatic rings. The number of ketones is 1. The minimum atomic E-state index is -0.301. The number of para-hydroxylation sites is 1. The van der Waals surface area contributed by atoms with E-state index in [0.29, 0.717) is 17.7 Å². The van der Waals surface area contributed by atoms with Crippen molar-refractivity contribution in [2.24, 2.45) is 0 Å². The zero-order valence-corrected chi connectivity index (χ0v) is 10.8. The second-order valence-corrected chi connectivity index (χ2v) is 4.97. The summed E-state index contributed by atoms with van der Waals surface area (Å²) in [6.45, 7) is 0. The Labute approximate surface area is 113 Å². The van der Waals surface area contributed by atoms with Gasteiger partial charge in [0, 0.05) is 0 Å². The van der Waals surface area contributed by atoms with E-state index in [1.807, 2.05) is 24.3 Å². The molecule has 0 amide bonds. The second-order valence-electron chi connectivity index (χ2n) is 4.97. The molecule has 1 aromatic carbocycles. The van der Waals surface area contributed by atoms with Crippen LogP contribution in [0.15, 0.2) is 35.9 Å². The van der Waals surface area contributed by atoms with Crippen LogP contribution in [0.5, 0.6) is 5.75 Å². The smallest absolute Gasteiger partial charge is 0.171 e. The van der Waals surface area contributed by atoms with Gasteiger partial charge >= 0.3 is 0 Å². The average Bonchev–Trinajstić information content (AvgIpc) is 2.46. The largest absolute Gasteiger partial charge is 0.477 e. The third-order valence-electron chi connectivity index (χ3n) is 3.51. The van der Waals surface area contributed by atoms with Crippen LogP contribution in [0.2, 0.25) is 0 Å². The molecule has 1 atom stereocenters. The number of Topliss-reactive ketones (excluding diaryl/α,β-unsaturated/α-hetero) is 1. The SMILES string of the molecule is O=C1C[C@H](C#CC2=CCCCC2)Oc2ccccc21. The van der Waals surface area contributed by atoms with E-state index in [0.717, 1.165) is 12.8 Å². The van der Waals surface area contributed by atoms with Crippen LogP contribution in [0.1, 0.15) is 42.5 Å². The molecule has 1 heterocycles. The molecule has 1 aliphatic heterocycles. The number of ether oxygens (including phenoxy) is 1. The van der Waals surface area contributed by atoms with Gasteiger partial charge in [-0.1, -0.05) is 30.0 Å². The maximum Gasteiger partial charge on any atom is 0.171 e. The first kappa shape index (κ1) is 12.0. The van der Waals surface area contributed by atoms with Crippen molar-refractivity contribution in [1.82, 2.24) is 0 Å². The zero-order valence-electron chi connectivity index (χ0n) is 10.8. The van der Waals surface area contributed by atoms with Crippen molar-refractivity contribution >= 4 is 5.78 Å². The second kappa shape index (κ2) is 5.32. The van der Waals surface area contributed by atoms with Crippen molar-refractivity contribution in [1.29, 1.82) is 0 Å². The average molecular weight is 252 g/mol. The van der Waals surface area contributed by atoms with Crippen molar-refractivity contribution in [3.8, 4) is 17.6 Å². The number of allylic oxidation sites excluding steroid dienone is 2. The Kier molecular flexibility index (Phi) is 3.37. The lowest BCUT2D eigenvalue weighted by atomic mass is 9.98. The highest BCUT2D eigenvalue weighted by atomic mass is 16.5. The summed E-state index contributed by atoms with van der Waals surface area (Å²) in [6.07, 6.45) is 6.92. The number of rotatable bonds is 0. The summed E-state index contributed by atoms with van der Waals surface area (Å²) in [7, 11) is 0. The summed E-state index contributed by atoms with van der Waals surface area (Å²) in [6, 6.07) is 7.39. The molecule has 2 nitrogen and oxygen atoms in total. The Morgan fingerprint density at radius 3 is 2.95 bits per heavy atom. The topological polar surface area (TPSA) is 26.3 Å². The van der Waals surface area contributed by atoms with Gasteiger partial charge in [0.15, 0.2) is 11.9 Å². The molecule has 19 heavy (non-hydrogen) atoms. The van der Waals surface area contributed by atoms with Gasteiger partial charge in [0.1, 0.15) is 5.75 Å². The molecule has 0 aromatic heterocycles. The first-order valence-corrected chi connectivity index (χ1v) is 6.82. The Balaban J connectivity index is 1.77. The highest BCUT2D eigenvalue weighted by Crippen LogP contribution is 2.27. The fourth-order valence-electron chi connectivity index (χ4n) is 2.48. The van der Waals surface area contributed by atoms with Crippen LogP contribution < -0.4 is 4.74 Å². The first-order chi connectivity index (χ1) is 9.33. The summed E-state index contributed by atoms with van der Waals surface area (Å²) in [5.41, 5.74) is 1.87. The van der Waals surface area contributed by atoms with Gasteiger partial charge in [0.2, 0.25) is 0 Å². The molecular weight excluding hydrogens is 236 g/mol. The van der Waals surface area contributed by atoms with E-state index >= 15 is 0 Å². The van der Waals surface area contributed by atoms with Crippen molar-refractivity contribution in [3.63, 3.8) is 0 Å². The van der Waals surface area contributed by atoms with Crippen LogP contribution in [-0.2, 0) is 0 Å². The number of carbonyl (C=O) groups is 1. The number of benzene rings is 1. The molecule has 3 rings (SSSR count). The summed E-state index contributed by atoms with van der Waals surface area (Å²) in [5, 5.41) is 0. The molecule has 1 aliphatic carbocycles. The van der Waals surface area contributed by atoms with E-state index < -0.39 is 0 Å². The molecule has 2 heteroatoms. The van der Waals surface area contributed by atoms with E-state index in [-0.39, 0.29) is 11.9 Å². The Morgan fingerprint density at radius 1 is 1.21 bits per heavy atom. The first-order valence-electron chi connectivity index (χ1n) is 6.82. The van der Waals surface area contributed by atoms with Crippen LogP contribution in [0, 0.1) is 11.8 Å². The van der Waals surface area contributed by atoms with Gasteiger partial charge in [0.25, 0.3) is 0 Å². The highest BCUT2D eigenvalue weighted by molar-refractivity contribution is 6.00. The predicted octanol–water partition coefficient (Wildman–Crippen LogP) is 3.52. The minimum Gasteiger partial charge on any atom is -0.477 e. The van der Waals surface area contributed by atoms with Gasteiger partial charge in [-0.25, -0.2) is 0 Å². The normalized spacial score (nSPS) is 21.6. The number of hydrogen-bond acceptors (Lipinski definition) is 2. The van der Waals surface area contributed by atoms with Crippen LogP contribution in [-0.4, -0.2) is 11.9 Å². The van der Waals surface area contributed by atoms with Gasteiger partial charge in [-0.2, -0.15) is 0 Å². The van der Waals surface area contributed by atoms with Crippen molar-refractivity contribution < 1.29 is 9.53 Å². The van der Waals surface area contributed by atoms with E-state index in [1.54, 1.807) is 0 Å². The van der Waals surface area contributed by atoms with Gasteiger partial charge in [-0.05, 0) is 43.4 Å². The van der Waals surface area contributed by atoms with E-state index in [2.05, 4.69) is 17.9 Å². The third kappa shape index (κ3) is 2.71. The van der Waals surface area contributed by atoms with Crippen LogP contribution >= 0.6 is 0 Å². The van der Waals surface area contributed by atoms with Crippen LogP contribution in [0.3, 0.4) is 0 Å². The molecule has 0 radical (unpaired) electrons. The maximum atomic E-state index is 12.0. The molecular formula is C17H16O2. The molecule has 0 N–H and O–H groups in total. The van der Waals surface area contributed by atoms with Gasteiger partial charge in [0.05, 0.1) is 12.0 Å². The molecule has 96 valence electrons. The van der Waals surface area contributed by atoms with Gasteiger partial charge in [-0.3, -0.25) is 4.79 Å². The van der Waals surface area contributed by atoms with E-state index in [4.69, 9.17) is 4.74 Å². The Bertz CT molecular complexity index is 587. The lowest BCUT2D eigenvalue weighted by Crippen LogP contribution is -2.25. The fourth-order valence-corrected chi connectivity index (χ4v) is 2.48. The Morgan fingerprint density at radius 2 is 2.11 bits per heavy atom. The lowest BCUT2D eigenvalue weighted by Gasteiger charge is -2.21. The lowest BCUT2D eigenvalue weighted by molar-refractivity contribution is 0.0900. The maximum absolute atomic E-state index is 12.0. The quantitative estimate of drug-likeness (QED) is 0.660. The van der Waals surface area contributed by atoms with Crippen molar-refractivity contribution in [3.05, 3.63) is 41.5 Å². The zero-order chi connectivity index (χ0) is 13.1. The fraction of sp³-hybridized carbons (Fsp3) is 0.353. The molecule has 0 spiro atoms. The summed E-state index contributed by atoms with van der Waals surface area (Å²) >= 11 is 0. The summed E-state index contributed by atoms with van der Waals surface area (Å²) in [5.74, 6) is 7.06. The number of fused-ring (bicyclic) bond motifs is 1. The predicted molar refractivity (Wildman–Crippen MR) is 74.1 cm³/mol. The third-order valence-corrected chi connectivity index (χ3v) is 3.51. The van der Waals surface area contributed by atoms with Crippen LogP contribution in [0.4, 0.5) is 0 Å². The summed E-state index contributed by atoms with van der Waals surface area (Å²) < 4.78 is 5.77. The van der Waals surface area contributed by atoms with Gasteiger partial charge in [-0.15, -0.1) is 0 Å². The van der Waals surface area contributed by atoms with Gasteiger partial charge < -0.3 is 4.74 Å². The summed E-state index contributed by atoms with van der Waals surface area (Å²) in [4.78, 5) is 12.0. The molecule has 0 bridgehead atoms. The monoisotopic (exact) mass is 252 g/mol.